The van der Waals surface area contributed by atoms with Gasteiger partial charge >= 0.3 is 6.03 Å². The highest BCUT2D eigenvalue weighted by atomic mass is 16.5. The van der Waals surface area contributed by atoms with Crippen LogP contribution in [0.15, 0.2) is 34.9 Å². The molecule has 1 unspecified atom stereocenters. The Hall–Kier alpha value is -2.90. The van der Waals surface area contributed by atoms with Crippen LogP contribution in [0.5, 0.6) is 0 Å². The lowest BCUT2D eigenvalue weighted by Crippen LogP contribution is -2.46. The van der Waals surface area contributed by atoms with E-state index in [1.165, 1.54) is 0 Å². The van der Waals surface area contributed by atoms with Crippen molar-refractivity contribution in [1.82, 2.24) is 20.8 Å². The first-order valence-corrected chi connectivity index (χ1v) is 8.44. The fourth-order valence-electron chi connectivity index (χ4n) is 2.89. The Kier molecular flexibility index (Phi) is 4.09. The minimum Gasteiger partial charge on any atom is -0.337 e. The Labute approximate surface area is 144 Å². The maximum atomic E-state index is 12.4. The summed E-state index contributed by atoms with van der Waals surface area (Å²) in [4.78, 5) is 30.4. The summed E-state index contributed by atoms with van der Waals surface area (Å²) in [5.41, 5.74) is 0.843. The van der Waals surface area contributed by atoms with E-state index in [1.54, 1.807) is 4.90 Å². The number of amides is 3. The molecule has 1 aliphatic heterocycles. The van der Waals surface area contributed by atoms with Gasteiger partial charge in [-0.05, 0) is 31.4 Å². The minimum atomic E-state index is -0.523. The van der Waals surface area contributed by atoms with Gasteiger partial charge in [-0.15, -0.1) is 0 Å². The third-order valence-electron chi connectivity index (χ3n) is 4.41. The summed E-state index contributed by atoms with van der Waals surface area (Å²) in [5, 5.41) is 9.26. The van der Waals surface area contributed by atoms with Crippen molar-refractivity contribution >= 4 is 17.6 Å². The van der Waals surface area contributed by atoms with Crippen LogP contribution >= 0.6 is 0 Å². The third-order valence-corrected chi connectivity index (χ3v) is 4.41. The summed E-state index contributed by atoms with van der Waals surface area (Å²) >= 11 is 0. The van der Waals surface area contributed by atoms with Crippen LogP contribution in [0.25, 0.3) is 0 Å². The van der Waals surface area contributed by atoms with Gasteiger partial charge in [0.15, 0.2) is 5.82 Å². The minimum absolute atomic E-state index is 0.102. The first kappa shape index (κ1) is 15.6. The Morgan fingerprint density at radius 3 is 2.80 bits per heavy atom. The van der Waals surface area contributed by atoms with Crippen LogP contribution in [0.2, 0.25) is 0 Å². The summed E-state index contributed by atoms with van der Waals surface area (Å²) < 4.78 is 5.10. The number of anilines is 1. The van der Waals surface area contributed by atoms with E-state index in [1.807, 2.05) is 30.3 Å². The molecule has 25 heavy (non-hydrogen) atoms. The molecular formula is C17H19N5O3. The number of carbonyl (C=O) groups excluding carboxylic acids is 2. The number of benzene rings is 1. The summed E-state index contributed by atoms with van der Waals surface area (Å²) in [7, 11) is 0. The van der Waals surface area contributed by atoms with Gasteiger partial charge in [0.2, 0.25) is 11.8 Å². The number of hydrogen-bond acceptors (Lipinski definition) is 5. The van der Waals surface area contributed by atoms with E-state index >= 15 is 0 Å². The molecule has 8 nitrogen and oxygen atoms in total. The standard InChI is InChI=1S/C17H19N5O3/c23-16-13(8-9-22(16)12-4-2-1-3-5-12)19-17(24)18-10-14-20-15(21-25-14)11-6-7-11/h1-5,11,13H,6-10H2,(H2,18,19,24). The van der Waals surface area contributed by atoms with E-state index in [0.717, 1.165) is 18.5 Å². The second-order valence-electron chi connectivity index (χ2n) is 6.31. The van der Waals surface area contributed by atoms with Crippen molar-refractivity contribution in [1.29, 1.82) is 0 Å². The molecule has 1 saturated heterocycles. The zero-order chi connectivity index (χ0) is 17.2. The largest absolute Gasteiger partial charge is 0.337 e. The predicted molar refractivity (Wildman–Crippen MR) is 88.8 cm³/mol. The number of para-hydroxylation sites is 1. The van der Waals surface area contributed by atoms with Crippen molar-refractivity contribution in [2.24, 2.45) is 0 Å². The van der Waals surface area contributed by atoms with Gasteiger partial charge in [-0.3, -0.25) is 4.79 Å². The molecule has 1 saturated carbocycles. The molecule has 2 heterocycles. The van der Waals surface area contributed by atoms with Crippen LogP contribution in [0.3, 0.4) is 0 Å². The zero-order valence-corrected chi connectivity index (χ0v) is 13.6. The van der Waals surface area contributed by atoms with Crippen molar-refractivity contribution in [2.45, 2.75) is 37.8 Å². The highest BCUT2D eigenvalue weighted by Crippen LogP contribution is 2.38. The van der Waals surface area contributed by atoms with Crippen LogP contribution < -0.4 is 15.5 Å². The van der Waals surface area contributed by atoms with Crippen LogP contribution in [0.4, 0.5) is 10.5 Å². The van der Waals surface area contributed by atoms with Gasteiger partial charge in [0.1, 0.15) is 6.04 Å². The van der Waals surface area contributed by atoms with Crippen molar-refractivity contribution in [2.75, 3.05) is 11.4 Å². The molecule has 2 fully saturated rings. The van der Waals surface area contributed by atoms with Crippen LogP contribution in [0, 0.1) is 0 Å². The van der Waals surface area contributed by atoms with Crippen molar-refractivity contribution in [3.8, 4) is 0 Å². The Morgan fingerprint density at radius 1 is 1.24 bits per heavy atom. The first-order chi connectivity index (χ1) is 12.2. The number of hydrogen-bond donors (Lipinski definition) is 2. The number of nitrogens with one attached hydrogen (secondary N) is 2. The fraction of sp³-hybridized carbons (Fsp3) is 0.412. The molecule has 1 aliphatic carbocycles. The van der Waals surface area contributed by atoms with Gasteiger partial charge in [-0.25, -0.2) is 4.79 Å². The maximum absolute atomic E-state index is 12.4. The topological polar surface area (TPSA) is 100 Å². The number of nitrogens with zero attached hydrogens (tertiary/aromatic N) is 3. The molecule has 2 aliphatic rings. The lowest BCUT2D eigenvalue weighted by atomic mass is 10.2. The first-order valence-electron chi connectivity index (χ1n) is 8.44. The highest BCUT2D eigenvalue weighted by Gasteiger charge is 2.33. The van der Waals surface area contributed by atoms with E-state index < -0.39 is 12.1 Å². The van der Waals surface area contributed by atoms with Gasteiger partial charge < -0.3 is 20.1 Å². The van der Waals surface area contributed by atoms with Gasteiger partial charge in [0, 0.05) is 18.2 Å². The smallest absolute Gasteiger partial charge is 0.315 e. The molecule has 2 N–H and O–H groups in total. The lowest BCUT2D eigenvalue weighted by Gasteiger charge is -2.17. The number of urea groups is 1. The van der Waals surface area contributed by atoms with E-state index in [4.69, 9.17) is 4.52 Å². The van der Waals surface area contributed by atoms with Gasteiger partial charge in [-0.1, -0.05) is 23.4 Å². The normalized spacial score (nSPS) is 19.9. The molecule has 1 aromatic heterocycles. The molecule has 0 radical (unpaired) electrons. The molecule has 2 aromatic rings. The second kappa shape index (κ2) is 6.54. The molecule has 0 spiro atoms. The fourth-order valence-corrected chi connectivity index (χ4v) is 2.89. The summed E-state index contributed by atoms with van der Waals surface area (Å²) in [6.07, 6.45) is 2.76. The van der Waals surface area contributed by atoms with E-state index in [-0.39, 0.29) is 12.5 Å². The molecule has 1 atom stereocenters. The highest BCUT2D eigenvalue weighted by molar-refractivity contribution is 6.01. The van der Waals surface area contributed by atoms with Crippen molar-refractivity contribution < 1.29 is 14.1 Å². The van der Waals surface area contributed by atoms with Crippen molar-refractivity contribution in [3.05, 3.63) is 42.0 Å². The average molecular weight is 341 g/mol. The lowest BCUT2D eigenvalue weighted by molar-refractivity contribution is -0.118. The number of aromatic nitrogens is 2. The molecule has 4 rings (SSSR count). The summed E-state index contributed by atoms with van der Waals surface area (Å²) in [5.74, 6) is 1.39. The molecule has 3 amide bonds. The Morgan fingerprint density at radius 2 is 2.04 bits per heavy atom. The van der Waals surface area contributed by atoms with Gasteiger partial charge in [-0.2, -0.15) is 4.98 Å². The predicted octanol–water partition coefficient (Wildman–Crippen LogP) is 1.55. The summed E-state index contributed by atoms with van der Waals surface area (Å²) in [6.45, 7) is 0.733. The Bertz CT molecular complexity index is 772. The average Bonchev–Trinajstić information content (AvgIpc) is 3.27. The molecule has 130 valence electrons. The van der Waals surface area contributed by atoms with Gasteiger partial charge in [0.05, 0.1) is 6.54 Å². The van der Waals surface area contributed by atoms with E-state index in [9.17, 15) is 9.59 Å². The number of rotatable bonds is 5. The van der Waals surface area contributed by atoms with Crippen LogP contribution in [-0.4, -0.2) is 34.7 Å². The van der Waals surface area contributed by atoms with Gasteiger partial charge in [0.25, 0.3) is 0 Å². The quantitative estimate of drug-likeness (QED) is 0.859. The van der Waals surface area contributed by atoms with Crippen molar-refractivity contribution in [3.63, 3.8) is 0 Å². The number of carbonyl (C=O) groups is 2. The molecular weight excluding hydrogens is 322 g/mol. The monoisotopic (exact) mass is 341 g/mol. The third kappa shape index (κ3) is 3.47. The zero-order valence-electron chi connectivity index (χ0n) is 13.6. The summed E-state index contributed by atoms with van der Waals surface area (Å²) in [6, 6.07) is 8.50. The Balaban J connectivity index is 1.28. The molecule has 0 bridgehead atoms. The van der Waals surface area contributed by atoms with E-state index in [2.05, 4.69) is 20.8 Å². The molecule has 8 heteroatoms. The second-order valence-corrected chi connectivity index (χ2v) is 6.31. The van der Waals surface area contributed by atoms with E-state index in [0.29, 0.717) is 30.6 Å². The van der Waals surface area contributed by atoms with Crippen LogP contribution in [0.1, 0.15) is 36.9 Å². The maximum Gasteiger partial charge on any atom is 0.315 e. The molecule has 1 aromatic carbocycles. The van der Waals surface area contributed by atoms with Crippen LogP contribution in [-0.2, 0) is 11.3 Å². The SMILES string of the molecule is O=C(NCc1nc(C2CC2)no1)NC1CCN(c2ccccc2)C1=O.